The molecule has 2 aliphatic heterocycles. The van der Waals surface area contributed by atoms with Crippen molar-refractivity contribution in [3.63, 3.8) is 0 Å². The average Bonchev–Trinajstić information content (AvgIpc) is 3.03. The molecule has 1 aromatic carbocycles. The summed E-state index contributed by atoms with van der Waals surface area (Å²) in [5.41, 5.74) is 0.850. The molecule has 7 heteroatoms. The number of nitrogens with one attached hydrogen (secondary N) is 2. The summed E-state index contributed by atoms with van der Waals surface area (Å²) >= 11 is 1.67. The van der Waals surface area contributed by atoms with Gasteiger partial charge in [-0.25, -0.2) is 0 Å². The van der Waals surface area contributed by atoms with Crippen molar-refractivity contribution in [1.29, 1.82) is 0 Å². The standard InChI is InChI=1S/C19H25N3O3S/c1-18(2,3)21-16(24)12-5-7-13(8-6-12)20-17(25)14-11-26-19(4)10-9-15(23)22(14)19/h5-8,14H,9-11H2,1-4H3,(H,20,25)(H,21,24)/t14-,19+/m0/s1. The van der Waals surface area contributed by atoms with Gasteiger partial charge in [0.1, 0.15) is 6.04 Å². The van der Waals surface area contributed by atoms with Crippen molar-refractivity contribution in [3.8, 4) is 0 Å². The van der Waals surface area contributed by atoms with Crippen LogP contribution in [0.15, 0.2) is 24.3 Å². The van der Waals surface area contributed by atoms with Gasteiger partial charge >= 0.3 is 0 Å². The summed E-state index contributed by atoms with van der Waals surface area (Å²) in [6, 6.07) is 6.35. The van der Waals surface area contributed by atoms with Crippen LogP contribution < -0.4 is 10.6 Å². The van der Waals surface area contributed by atoms with Crippen LogP contribution in [0.4, 0.5) is 5.69 Å². The van der Waals surface area contributed by atoms with E-state index in [2.05, 4.69) is 10.6 Å². The lowest BCUT2D eigenvalue weighted by molar-refractivity contribution is -0.135. The van der Waals surface area contributed by atoms with Gasteiger partial charge in [0.15, 0.2) is 0 Å². The van der Waals surface area contributed by atoms with Crippen molar-refractivity contribution in [2.75, 3.05) is 11.1 Å². The Labute approximate surface area is 158 Å². The minimum Gasteiger partial charge on any atom is -0.347 e. The highest BCUT2D eigenvalue weighted by molar-refractivity contribution is 8.01. The van der Waals surface area contributed by atoms with E-state index >= 15 is 0 Å². The molecule has 26 heavy (non-hydrogen) atoms. The van der Waals surface area contributed by atoms with Gasteiger partial charge in [-0.3, -0.25) is 14.4 Å². The number of carbonyl (C=O) groups excluding carboxylic acids is 3. The molecule has 0 bridgehead atoms. The molecule has 2 heterocycles. The quantitative estimate of drug-likeness (QED) is 0.851. The van der Waals surface area contributed by atoms with Crippen LogP contribution in [0.5, 0.6) is 0 Å². The number of hydrogen-bond donors (Lipinski definition) is 2. The molecule has 0 unspecified atom stereocenters. The molecular formula is C19H25N3O3S. The first kappa shape index (κ1) is 18.8. The molecule has 2 aliphatic rings. The fourth-order valence-electron chi connectivity index (χ4n) is 3.36. The summed E-state index contributed by atoms with van der Waals surface area (Å²) in [6.07, 6.45) is 1.29. The number of anilines is 1. The van der Waals surface area contributed by atoms with Crippen molar-refractivity contribution in [2.45, 2.75) is 57.0 Å². The summed E-state index contributed by atoms with van der Waals surface area (Å²) < 4.78 is 0. The first-order chi connectivity index (χ1) is 12.1. The lowest BCUT2D eigenvalue weighted by atomic mass is 10.1. The predicted octanol–water partition coefficient (Wildman–Crippen LogP) is 2.61. The largest absolute Gasteiger partial charge is 0.347 e. The van der Waals surface area contributed by atoms with Crippen LogP contribution >= 0.6 is 11.8 Å². The number of nitrogens with zero attached hydrogens (tertiary/aromatic N) is 1. The second-order valence-corrected chi connectivity index (χ2v) is 9.54. The van der Waals surface area contributed by atoms with Crippen molar-refractivity contribution < 1.29 is 14.4 Å². The molecule has 1 aromatic rings. The van der Waals surface area contributed by atoms with Crippen molar-refractivity contribution in [2.24, 2.45) is 0 Å². The Morgan fingerprint density at radius 2 is 1.88 bits per heavy atom. The van der Waals surface area contributed by atoms with E-state index in [0.717, 1.165) is 6.42 Å². The molecule has 2 N–H and O–H groups in total. The van der Waals surface area contributed by atoms with E-state index in [0.29, 0.717) is 23.4 Å². The van der Waals surface area contributed by atoms with Gasteiger partial charge in [0.25, 0.3) is 5.91 Å². The Hall–Kier alpha value is -2.02. The molecule has 2 fully saturated rings. The van der Waals surface area contributed by atoms with Gasteiger partial charge in [-0.2, -0.15) is 0 Å². The van der Waals surface area contributed by atoms with E-state index in [1.165, 1.54) is 0 Å². The van der Waals surface area contributed by atoms with Crippen molar-refractivity contribution in [3.05, 3.63) is 29.8 Å². The molecule has 0 aromatic heterocycles. The van der Waals surface area contributed by atoms with Crippen molar-refractivity contribution >= 4 is 35.2 Å². The molecule has 0 radical (unpaired) electrons. The number of benzene rings is 1. The van der Waals surface area contributed by atoms with Gasteiger partial charge in [0, 0.05) is 29.0 Å². The van der Waals surface area contributed by atoms with E-state index in [9.17, 15) is 14.4 Å². The number of thioether (sulfide) groups is 1. The molecule has 6 nitrogen and oxygen atoms in total. The minimum atomic E-state index is -0.441. The highest BCUT2D eigenvalue weighted by Gasteiger charge is 2.52. The molecule has 0 aliphatic carbocycles. The Morgan fingerprint density at radius 1 is 1.23 bits per heavy atom. The molecular weight excluding hydrogens is 350 g/mol. The fourth-order valence-corrected chi connectivity index (χ4v) is 4.79. The van der Waals surface area contributed by atoms with Crippen LogP contribution in [0, 0.1) is 0 Å². The Balaban J connectivity index is 1.65. The number of fused-ring (bicyclic) bond motifs is 1. The molecule has 2 saturated heterocycles. The topological polar surface area (TPSA) is 78.5 Å². The maximum Gasteiger partial charge on any atom is 0.251 e. The first-order valence-electron chi connectivity index (χ1n) is 8.79. The van der Waals surface area contributed by atoms with Gasteiger partial charge < -0.3 is 15.5 Å². The molecule has 3 rings (SSSR count). The van der Waals surface area contributed by atoms with Gasteiger partial charge in [-0.1, -0.05) is 0 Å². The Kier molecular flexibility index (Phi) is 4.77. The number of carbonyl (C=O) groups is 3. The normalized spacial score (nSPS) is 25.2. The minimum absolute atomic E-state index is 0.0480. The van der Waals surface area contributed by atoms with E-state index in [-0.39, 0.29) is 28.1 Å². The van der Waals surface area contributed by atoms with Gasteiger partial charge in [-0.15, -0.1) is 11.8 Å². The molecule has 0 spiro atoms. The van der Waals surface area contributed by atoms with Crippen LogP contribution in [-0.2, 0) is 9.59 Å². The van der Waals surface area contributed by atoms with E-state index in [4.69, 9.17) is 0 Å². The third kappa shape index (κ3) is 3.72. The van der Waals surface area contributed by atoms with Crippen LogP contribution in [0.1, 0.15) is 50.9 Å². The lowest BCUT2D eigenvalue weighted by Crippen LogP contribution is -2.48. The first-order valence-corrected chi connectivity index (χ1v) is 9.77. The van der Waals surface area contributed by atoms with Crippen molar-refractivity contribution in [1.82, 2.24) is 10.2 Å². The monoisotopic (exact) mass is 375 g/mol. The van der Waals surface area contributed by atoms with Gasteiger partial charge in [0.05, 0.1) is 4.87 Å². The maximum atomic E-state index is 12.7. The molecule has 140 valence electrons. The Morgan fingerprint density at radius 3 is 2.50 bits per heavy atom. The van der Waals surface area contributed by atoms with Crippen LogP contribution in [0.25, 0.3) is 0 Å². The van der Waals surface area contributed by atoms with Crippen LogP contribution in [-0.4, -0.2) is 44.8 Å². The average molecular weight is 375 g/mol. The Bertz CT molecular complexity index is 741. The number of hydrogen-bond acceptors (Lipinski definition) is 4. The summed E-state index contributed by atoms with van der Waals surface area (Å²) in [7, 11) is 0. The third-order valence-corrected chi connectivity index (χ3v) is 6.16. The number of rotatable bonds is 3. The zero-order chi connectivity index (χ0) is 19.1. The lowest BCUT2D eigenvalue weighted by Gasteiger charge is -2.29. The summed E-state index contributed by atoms with van der Waals surface area (Å²) in [5.74, 6) is 0.330. The van der Waals surface area contributed by atoms with Crippen LogP contribution in [0.2, 0.25) is 0 Å². The van der Waals surface area contributed by atoms with E-state index < -0.39 is 6.04 Å². The zero-order valence-corrected chi connectivity index (χ0v) is 16.4. The predicted molar refractivity (Wildman–Crippen MR) is 103 cm³/mol. The SMILES string of the molecule is CC(C)(C)NC(=O)c1ccc(NC(=O)[C@@H]2CS[C@]3(C)CCC(=O)N23)cc1. The van der Waals surface area contributed by atoms with E-state index in [1.807, 2.05) is 27.7 Å². The number of amides is 3. The zero-order valence-electron chi connectivity index (χ0n) is 15.6. The van der Waals surface area contributed by atoms with Gasteiger partial charge in [0.2, 0.25) is 11.8 Å². The van der Waals surface area contributed by atoms with E-state index in [1.54, 1.807) is 40.9 Å². The highest BCUT2D eigenvalue weighted by atomic mass is 32.2. The fraction of sp³-hybridized carbons (Fsp3) is 0.526. The summed E-state index contributed by atoms with van der Waals surface area (Å²) in [4.78, 5) is 38.4. The maximum absolute atomic E-state index is 12.7. The molecule has 3 amide bonds. The van der Waals surface area contributed by atoms with Gasteiger partial charge in [-0.05, 0) is 58.4 Å². The molecule has 0 saturated carbocycles. The second-order valence-electron chi connectivity index (χ2n) is 8.04. The second kappa shape index (κ2) is 6.61. The summed E-state index contributed by atoms with van der Waals surface area (Å²) in [5, 5.41) is 5.77. The summed E-state index contributed by atoms with van der Waals surface area (Å²) in [6.45, 7) is 7.80. The van der Waals surface area contributed by atoms with Crippen LogP contribution in [0.3, 0.4) is 0 Å². The third-order valence-electron chi connectivity index (χ3n) is 4.65. The molecule has 2 atom stereocenters. The smallest absolute Gasteiger partial charge is 0.251 e. The highest BCUT2D eigenvalue weighted by Crippen LogP contribution is 2.47.